The number of hydrogen-bond donors (Lipinski definition) is 1. The smallest absolute Gasteiger partial charge is 0.0565 e. The fourth-order valence-corrected chi connectivity index (χ4v) is 3.27. The maximum Gasteiger partial charge on any atom is 0.0565 e. The predicted octanol–water partition coefficient (Wildman–Crippen LogP) is 3.34. The van der Waals surface area contributed by atoms with Crippen LogP contribution in [0.5, 0.6) is 0 Å². The van der Waals surface area contributed by atoms with Gasteiger partial charge in [-0.1, -0.05) is 42.5 Å². The average Bonchev–Trinajstić information content (AvgIpc) is 2.49. The lowest BCUT2D eigenvalue weighted by Gasteiger charge is -2.14. The maximum absolute atomic E-state index is 6.34. The van der Waals surface area contributed by atoms with E-state index in [2.05, 4.69) is 48.5 Å². The standard InChI is InChI=1S/C14H13NS/c15-14-11-6-2-1-5-10(11)9-16-13-8-4-3-7-12(13)14/h1-8,14H,9,15H2. The minimum atomic E-state index is 0.0161. The summed E-state index contributed by atoms with van der Waals surface area (Å²) < 4.78 is 0. The topological polar surface area (TPSA) is 26.0 Å². The third kappa shape index (κ3) is 1.55. The minimum absolute atomic E-state index is 0.0161. The maximum atomic E-state index is 6.34. The van der Waals surface area contributed by atoms with Crippen LogP contribution < -0.4 is 5.73 Å². The average molecular weight is 227 g/mol. The fraction of sp³-hybridized carbons (Fsp3) is 0.143. The van der Waals surface area contributed by atoms with Crippen molar-refractivity contribution in [1.29, 1.82) is 0 Å². The zero-order valence-electron chi connectivity index (χ0n) is 8.89. The van der Waals surface area contributed by atoms with E-state index in [0.717, 1.165) is 5.75 Å². The molecule has 2 N–H and O–H groups in total. The molecule has 0 aliphatic carbocycles. The van der Waals surface area contributed by atoms with Crippen LogP contribution in [0, 0.1) is 0 Å². The van der Waals surface area contributed by atoms with Crippen LogP contribution in [0.4, 0.5) is 0 Å². The Labute approximate surface area is 99.7 Å². The number of hydrogen-bond acceptors (Lipinski definition) is 2. The van der Waals surface area contributed by atoms with Crippen molar-refractivity contribution in [2.75, 3.05) is 0 Å². The summed E-state index contributed by atoms with van der Waals surface area (Å²) in [5.74, 6) is 1.01. The summed E-state index contributed by atoms with van der Waals surface area (Å²) in [6, 6.07) is 16.9. The van der Waals surface area contributed by atoms with Gasteiger partial charge in [-0.15, -0.1) is 11.8 Å². The van der Waals surface area contributed by atoms with E-state index in [0.29, 0.717) is 0 Å². The van der Waals surface area contributed by atoms with E-state index < -0.39 is 0 Å². The molecule has 2 aromatic carbocycles. The summed E-state index contributed by atoms with van der Waals surface area (Å²) in [5.41, 5.74) is 10.2. The van der Waals surface area contributed by atoms with E-state index in [1.807, 2.05) is 11.8 Å². The molecule has 1 heterocycles. The summed E-state index contributed by atoms with van der Waals surface area (Å²) in [6.07, 6.45) is 0. The van der Waals surface area contributed by atoms with Gasteiger partial charge in [-0.05, 0) is 22.8 Å². The summed E-state index contributed by atoms with van der Waals surface area (Å²) in [4.78, 5) is 1.31. The second kappa shape index (κ2) is 3.96. The van der Waals surface area contributed by atoms with Gasteiger partial charge in [0.15, 0.2) is 0 Å². The first kappa shape index (κ1) is 9.94. The molecule has 0 saturated carbocycles. The van der Waals surface area contributed by atoms with Crippen molar-refractivity contribution < 1.29 is 0 Å². The Hall–Kier alpha value is -1.25. The largest absolute Gasteiger partial charge is 0.320 e. The number of fused-ring (bicyclic) bond motifs is 2. The van der Waals surface area contributed by atoms with Crippen LogP contribution in [-0.2, 0) is 5.75 Å². The van der Waals surface area contributed by atoms with Gasteiger partial charge in [-0.2, -0.15) is 0 Å². The van der Waals surface area contributed by atoms with Crippen molar-refractivity contribution in [3.63, 3.8) is 0 Å². The van der Waals surface area contributed by atoms with E-state index in [1.165, 1.54) is 21.6 Å². The van der Waals surface area contributed by atoms with E-state index in [9.17, 15) is 0 Å². The molecule has 80 valence electrons. The van der Waals surface area contributed by atoms with Crippen LogP contribution in [-0.4, -0.2) is 0 Å². The Morgan fingerprint density at radius 3 is 2.50 bits per heavy atom. The summed E-state index contributed by atoms with van der Waals surface area (Å²) in [5, 5.41) is 0. The van der Waals surface area contributed by atoms with Gasteiger partial charge in [0.1, 0.15) is 0 Å². The molecular formula is C14H13NS. The highest BCUT2D eigenvalue weighted by atomic mass is 32.2. The molecule has 2 heteroatoms. The van der Waals surface area contributed by atoms with E-state index in [1.54, 1.807) is 0 Å². The second-order valence-electron chi connectivity index (χ2n) is 4.00. The highest BCUT2D eigenvalue weighted by Crippen LogP contribution is 2.37. The van der Waals surface area contributed by atoms with Gasteiger partial charge in [0.25, 0.3) is 0 Å². The summed E-state index contributed by atoms with van der Waals surface area (Å²) in [6.45, 7) is 0. The minimum Gasteiger partial charge on any atom is -0.320 e. The molecule has 0 aromatic heterocycles. The van der Waals surface area contributed by atoms with Crippen molar-refractivity contribution >= 4 is 11.8 Å². The van der Waals surface area contributed by atoms with Crippen molar-refractivity contribution in [3.05, 3.63) is 65.2 Å². The molecule has 16 heavy (non-hydrogen) atoms. The Balaban J connectivity index is 2.18. The molecule has 3 rings (SSSR count). The first-order valence-electron chi connectivity index (χ1n) is 5.41. The second-order valence-corrected chi connectivity index (χ2v) is 5.02. The van der Waals surface area contributed by atoms with Gasteiger partial charge in [0.2, 0.25) is 0 Å². The molecule has 0 saturated heterocycles. The molecule has 0 bridgehead atoms. The lowest BCUT2D eigenvalue weighted by Crippen LogP contribution is -2.13. The first-order chi connectivity index (χ1) is 7.86. The molecular weight excluding hydrogens is 214 g/mol. The third-order valence-corrected chi connectivity index (χ3v) is 4.17. The van der Waals surface area contributed by atoms with Gasteiger partial charge in [-0.3, -0.25) is 0 Å². The Kier molecular flexibility index (Phi) is 2.46. The van der Waals surface area contributed by atoms with Gasteiger partial charge < -0.3 is 5.73 Å². The molecule has 1 aliphatic heterocycles. The van der Waals surface area contributed by atoms with Crippen LogP contribution in [0.3, 0.4) is 0 Å². The van der Waals surface area contributed by atoms with Gasteiger partial charge in [0.05, 0.1) is 6.04 Å². The summed E-state index contributed by atoms with van der Waals surface area (Å²) >= 11 is 1.88. The van der Waals surface area contributed by atoms with Crippen LogP contribution in [0.25, 0.3) is 0 Å². The number of rotatable bonds is 0. The van der Waals surface area contributed by atoms with Crippen LogP contribution in [0.15, 0.2) is 53.4 Å². The molecule has 2 aromatic rings. The lowest BCUT2D eigenvalue weighted by molar-refractivity contribution is 0.844. The Morgan fingerprint density at radius 2 is 1.62 bits per heavy atom. The van der Waals surface area contributed by atoms with Crippen molar-refractivity contribution in [2.24, 2.45) is 5.73 Å². The molecule has 0 fully saturated rings. The molecule has 1 atom stereocenters. The fourth-order valence-electron chi connectivity index (χ4n) is 2.16. The van der Waals surface area contributed by atoms with Crippen LogP contribution >= 0.6 is 11.8 Å². The quantitative estimate of drug-likeness (QED) is 0.747. The Bertz CT molecular complexity index is 474. The molecule has 1 nitrogen and oxygen atoms in total. The van der Waals surface area contributed by atoms with E-state index in [-0.39, 0.29) is 6.04 Å². The highest BCUT2D eigenvalue weighted by molar-refractivity contribution is 7.98. The van der Waals surface area contributed by atoms with Crippen molar-refractivity contribution in [1.82, 2.24) is 0 Å². The third-order valence-electron chi connectivity index (χ3n) is 3.03. The summed E-state index contributed by atoms with van der Waals surface area (Å²) in [7, 11) is 0. The normalized spacial score (nSPS) is 18.4. The van der Waals surface area contributed by atoms with Crippen LogP contribution in [0.1, 0.15) is 22.7 Å². The predicted molar refractivity (Wildman–Crippen MR) is 68.5 cm³/mol. The number of nitrogens with two attached hydrogens (primary N) is 1. The van der Waals surface area contributed by atoms with Crippen molar-refractivity contribution in [3.8, 4) is 0 Å². The number of thioether (sulfide) groups is 1. The van der Waals surface area contributed by atoms with Gasteiger partial charge in [-0.25, -0.2) is 0 Å². The highest BCUT2D eigenvalue weighted by Gasteiger charge is 2.19. The van der Waals surface area contributed by atoms with E-state index in [4.69, 9.17) is 5.73 Å². The molecule has 0 radical (unpaired) electrons. The molecule has 0 amide bonds. The number of benzene rings is 2. The Morgan fingerprint density at radius 1 is 0.938 bits per heavy atom. The van der Waals surface area contributed by atoms with Crippen LogP contribution in [0.2, 0.25) is 0 Å². The molecule has 1 aliphatic rings. The monoisotopic (exact) mass is 227 g/mol. The lowest BCUT2D eigenvalue weighted by atomic mass is 9.96. The zero-order valence-corrected chi connectivity index (χ0v) is 9.71. The van der Waals surface area contributed by atoms with Gasteiger partial charge >= 0.3 is 0 Å². The molecule has 1 unspecified atom stereocenters. The van der Waals surface area contributed by atoms with Gasteiger partial charge in [0, 0.05) is 10.6 Å². The SMILES string of the molecule is NC1c2ccccc2CSc2ccccc21. The van der Waals surface area contributed by atoms with E-state index >= 15 is 0 Å². The van der Waals surface area contributed by atoms with Crippen molar-refractivity contribution in [2.45, 2.75) is 16.7 Å². The first-order valence-corrected chi connectivity index (χ1v) is 6.40. The molecule has 0 spiro atoms. The zero-order chi connectivity index (χ0) is 11.0.